The van der Waals surface area contributed by atoms with E-state index in [4.69, 9.17) is 4.74 Å². The van der Waals surface area contributed by atoms with Crippen LogP contribution in [0.3, 0.4) is 0 Å². The number of ether oxygens (including phenoxy) is 1. The molecular weight excluding hydrogens is 204 g/mol. The molecule has 0 spiro atoms. The van der Waals surface area contributed by atoms with Crippen molar-refractivity contribution in [2.45, 2.75) is 25.4 Å². The molecule has 2 N–H and O–H groups in total. The van der Waals surface area contributed by atoms with Crippen LogP contribution in [0.5, 0.6) is 0 Å². The Bertz CT molecular complexity index is 326. The van der Waals surface area contributed by atoms with Gasteiger partial charge in [-0.1, -0.05) is 0 Å². The van der Waals surface area contributed by atoms with Crippen LogP contribution < -0.4 is 10.6 Å². The zero-order valence-electron chi connectivity index (χ0n) is 9.57. The molecule has 0 atom stereocenters. The highest BCUT2D eigenvalue weighted by atomic mass is 16.5. The average Bonchev–Trinajstić information content (AvgIpc) is 2.31. The summed E-state index contributed by atoms with van der Waals surface area (Å²) in [6, 6.07) is 2.39. The molecule has 1 fully saturated rings. The van der Waals surface area contributed by atoms with E-state index in [2.05, 4.69) is 20.6 Å². The number of rotatable bonds is 4. The Balaban J connectivity index is 1.94. The molecule has 0 radical (unpaired) electrons. The van der Waals surface area contributed by atoms with Crippen molar-refractivity contribution in [1.29, 1.82) is 0 Å². The molecule has 1 aromatic heterocycles. The minimum Gasteiger partial charge on any atom is -0.381 e. The summed E-state index contributed by atoms with van der Waals surface area (Å²) in [6.07, 6.45) is 3.89. The smallest absolute Gasteiger partial charge is 0.144 e. The summed E-state index contributed by atoms with van der Waals surface area (Å²) in [5, 5.41) is 6.46. The van der Waals surface area contributed by atoms with Crippen molar-refractivity contribution >= 4 is 5.82 Å². The molecule has 0 aromatic carbocycles. The summed E-state index contributed by atoms with van der Waals surface area (Å²) in [5.74, 6) is 1.73. The Morgan fingerprint density at radius 1 is 1.44 bits per heavy atom. The molecule has 16 heavy (non-hydrogen) atoms. The lowest BCUT2D eigenvalue weighted by atomic mass is 10.1. The predicted octanol–water partition coefficient (Wildman–Crippen LogP) is 0.787. The summed E-state index contributed by atoms with van der Waals surface area (Å²) >= 11 is 0. The van der Waals surface area contributed by atoms with Gasteiger partial charge in [-0.05, 0) is 26.0 Å². The summed E-state index contributed by atoms with van der Waals surface area (Å²) < 4.78 is 5.32. The molecular formula is C11H18N4O. The molecule has 1 saturated heterocycles. The fourth-order valence-corrected chi connectivity index (χ4v) is 1.77. The van der Waals surface area contributed by atoms with E-state index in [9.17, 15) is 0 Å². The second-order valence-corrected chi connectivity index (χ2v) is 3.92. The zero-order chi connectivity index (χ0) is 11.2. The molecule has 1 aromatic rings. The Morgan fingerprint density at radius 3 is 3.00 bits per heavy atom. The first-order chi connectivity index (χ1) is 7.88. The first-order valence-electron chi connectivity index (χ1n) is 5.69. The first kappa shape index (κ1) is 11.3. The molecule has 0 aliphatic carbocycles. The lowest BCUT2D eigenvalue weighted by Gasteiger charge is -2.23. The maximum absolute atomic E-state index is 5.32. The third kappa shape index (κ3) is 3.15. The van der Waals surface area contributed by atoms with Gasteiger partial charge >= 0.3 is 0 Å². The molecule has 2 rings (SSSR count). The van der Waals surface area contributed by atoms with E-state index in [0.717, 1.165) is 37.7 Å². The van der Waals surface area contributed by atoms with Gasteiger partial charge in [-0.2, -0.15) is 0 Å². The van der Waals surface area contributed by atoms with Crippen LogP contribution in [-0.2, 0) is 11.3 Å². The quantitative estimate of drug-likeness (QED) is 0.788. The monoisotopic (exact) mass is 222 g/mol. The van der Waals surface area contributed by atoms with Crippen LogP contribution in [0.1, 0.15) is 18.7 Å². The minimum absolute atomic E-state index is 0.478. The van der Waals surface area contributed by atoms with Crippen LogP contribution in [0.4, 0.5) is 5.82 Å². The van der Waals surface area contributed by atoms with E-state index in [0.29, 0.717) is 12.6 Å². The second kappa shape index (κ2) is 5.77. The molecule has 0 unspecified atom stereocenters. The van der Waals surface area contributed by atoms with Gasteiger partial charge in [-0.3, -0.25) is 0 Å². The van der Waals surface area contributed by atoms with E-state index < -0.39 is 0 Å². The van der Waals surface area contributed by atoms with Crippen LogP contribution in [0.25, 0.3) is 0 Å². The van der Waals surface area contributed by atoms with Crippen LogP contribution in [0.2, 0.25) is 0 Å². The second-order valence-electron chi connectivity index (χ2n) is 3.92. The lowest BCUT2D eigenvalue weighted by molar-refractivity contribution is 0.0904. The van der Waals surface area contributed by atoms with Crippen LogP contribution in [0, 0.1) is 0 Å². The number of hydrogen-bond donors (Lipinski definition) is 2. The topological polar surface area (TPSA) is 59.1 Å². The van der Waals surface area contributed by atoms with Crippen LogP contribution in [-0.4, -0.2) is 36.3 Å². The summed E-state index contributed by atoms with van der Waals surface area (Å²) in [5.41, 5.74) is 0. The number of hydrogen-bond acceptors (Lipinski definition) is 5. The molecule has 0 amide bonds. The maximum Gasteiger partial charge on any atom is 0.144 e. The van der Waals surface area contributed by atoms with Gasteiger partial charge in [0, 0.05) is 25.5 Å². The van der Waals surface area contributed by atoms with Crippen molar-refractivity contribution in [1.82, 2.24) is 15.3 Å². The van der Waals surface area contributed by atoms with Gasteiger partial charge in [-0.15, -0.1) is 0 Å². The van der Waals surface area contributed by atoms with E-state index in [-0.39, 0.29) is 0 Å². The lowest BCUT2D eigenvalue weighted by Crippen LogP contribution is -2.28. The van der Waals surface area contributed by atoms with Crippen molar-refractivity contribution < 1.29 is 4.74 Å². The number of nitrogens with zero attached hydrogens (tertiary/aromatic N) is 2. The fourth-order valence-electron chi connectivity index (χ4n) is 1.77. The van der Waals surface area contributed by atoms with Gasteiger partial charge in [0.2, 0.25) is 0 Å². The molecule has 2 heterocycles. The Morgan fingerprint density at radius 2 is 2.25 bits per heavy atom. The summed E-state index contributed by atoms with van der Waals surface area (Å²) in [4.78, 5) is 8.61. The SMILES string of the molecule is CNCc1nccc(NC2CCOCC2)n1. The van der Waals surface area contributed by atoms with Crippen molar-refractivity contribution in [3.8, 4) is 0 Å². The van der Waals surface area contributed by atoms with E-state index in [1.807, 2.05) is 13.1 Å². The van der Waals surface area contributed by atoms with Gasteiger partial charge < -0.3 is 15.4 Å². The molecule has 1 aliphatic heterocycles. The highest BCUT2D eigenvalue weighted by Crippen LogP contribution is 2.12. The van der Waals surface area contributed by atoms with E-state index in [1.54, 1.807) is 6.20 Å². The maximum atomic E-state index is 5.32. The predicted molar refractivity (Wildman–Crippen MR) is 62.3 cm³/mol. The Labute approximate surface area is 95.6 Å². The van der Waals surface area contributed by atoms with Gasteiger partial charge in [-0.25, -0.2) is 9.97 Å². The highest BCUT2D eigenvalue weighted by molar-refractivity contribution is 5.34. The largest absolute Gasteiger partial charge is 0.381 e. The minimum atomic E-state index is 0.478. The summed E-state index contributed by atoms with van der Waals surface area (Å²) in [6.45, 7) is 2.38. The molecule has 5 nitrogen and oxygen atoms in total. The third-order valence-electron chi connectivity index (χ3n) is 2.61. The Hall–Kier alpha value is -1.20. The average molecular weight is 222 g/mol. The third-order valence-corrected chi connectivity index (χ3v) is 2.61. The zero-order valence-corrected chi connectivity index (χ0v) is 9.57. The molecule has 5 heteroatoms. The van der Waals surface area contributed by atoms with Crippen molar-refractivity contribution in [2.24, 2.45) is 0 Å². The van der Waals surface area contributed by atoms with Crippen LogP contribution in [0.15, 0.2) is 12.3 Å². The van der Waals surface area contributed by atoms with Crippen LogP contribution >= 0.6 is 0 Å². The highest BCUT2D eigenvalue weighted by Gasteiger charge is 2.13. The standard InChI is InChI=1S/C11H18N4O/c1-12-8-11-13-5-2-10(15-11)14-9-3-6-16-7-4-9/h2,5,9,12H,3-4,6-8H2,1H3,(H,13,14,15). The number of anilines is 1. The normalized spacial score (nSPS) is 17.3. The van der Waals surface area contributed by atoms with Gasteiger partial charge in [0.05, 0.1) is 6.54 Å². The molecule has 88 valence electrons. The van der Waals surface area contributed by atoms with Crippen molar-refractivity contribution in [3.05, 3.63) is 18.1 Å². The Kier molecular flexibility index (Phi) is 4.07. The molecule has 1 aliphatic rings. The number of nitrogens with one attached hydrogen (secondary N) is 2. The molecule has 0 saturated carbocycles. The fraction of sp³-hybridized carbons (Fsp3) is 0.636. The van der Waals surface area contributed by atoms with Gasteiger partial charge in [0.25, 0.3) is 0 Å². The molecule has 0 bridgehead atoms. The number of aromatic nitrogens is 2. The van der Waals surface area contributed by atoms with E-state index >= 15 is 0 Å². The summed E-state index contributed by atoms with van der Waals surface area (Å²) in [7, 11) is 1.89. The van der Waals surface area contributed by atoms with Gasteiger partial charge in [0.15, 0.2) is 0 Å². The van der Waals surface area contributed by atoms with Crippen molar-refractivity contribution in [3.63, 3.8) is 0 Å². The first-order valence-corrected chi connectivity index (χ1v) is 5.69. The van der Waals surface area contributed by atoms with Gasteiger partial charge in [0.1, 0.15) is 11.6 Å². The van der Waals surface area contributed by atoms with E-state index in [1.165, 1.54) is 0 Å². The van der Waals surface area contributed by atoms with Crippen molar-refractivity contribution in [2.75, 3.05) is 25.6 Å².